The first kappa shape index (κ1) is 14.4. The molecule has 6 nitrogen and oxygen atoms in total. The van der Waals surface area contributed by atoms with Crippen molar-refractivity contribution in [3.63, 3.8) is 0 Å². The fourth-order valence-electron chi connectivity index (χ4n) is 1.93. The van der Waals surface area contributed by atoms with Crippen LogP contribution in [0.15, 0.2) is 0 Å². The third-order valence-corrected chi connectivity index (χ3v) is 4.36. The Morgan fingerprint density at radius 1 is 1.41 bits per heavy atom. The first-order valence-corrected chi connectivity index (χ1v) is 7.40. The number of carbonyl (C=O) groups is 1. The van der Waals surface area contributed by atoms with Gasteiger partial charge in [0.2, 0.25) is 0 Å². The molecule has 0 saturated carbocycles. The number of hydrogen-bond acceptors (Lipinski definition) is 4. The van der Waals surface area contributed by atoms with Gasteiger partial charge in [0.1, 0.15) is 6.04 Å². The molecule has 0 aromatic heterocycles. The molecule has 0 amide bonds. The second-order valence-corrected chi connectivity index (χ2v) is 5.59. The number of ether oxygens (including phenoxy) is 1. The largest absolute Gasteiger partial charge is 0.465 e. The fourth-order valence-corrected chi connectivity index (χ4v) is 3.36. The molecule has 1 saturated heterocycles. The molecule has 1 atom stereocenters. The van der Waals surface area contributed by atoms with Gasteiger partial charge in [-0.25, -0.2) is 4.72 Å². The van der Waals surface area contributed by atoms with Crippen LogP contribution < -0.4 is 4.72 Å². The second kappa shape index (κ2) is 6.32. The molecule has 1 heterocycles. The lowest BCUT2D eigenvalue weighted by Crippen LogP contribution is -2.52. The summed E-state index contributed by atoms with van der Waals surface area (Å²) in [6, 6.07) is -0.673. The molecule has 7 heteroatoms. The standard InChI is InChI=1S/C10H20N2O4S/c1-3-11-17(14,15)12-8-6-5-7-9(12)10(13)16-4-2/h9,11H,3-8H2,1-2H3. The van der Waals surface area contributed by atoms with Gasteiger partial charge in [-0.15, -0.1) is 0 Å². The first-order valence-electron chi connectivity index (χ1n) is 5.96. The summed E-state index contributed by atoms with van der Waals surface area (Å²) < 4.78 is 32.4. The number of esters is 1. The average Bonchev–Trinajstić information content (AvgIpc) is 2.29. The molecule has 0 aliphatic carbocycles. The van der Waals surface area contributed by atoms with E-state index in [1.165, 1.54) is 4.31 Å². The van der Waals surface area contributed by atoms with Gasteiger partial charge in [0.05, 0.1) is 6.61 Å². The summed E-state index contributed by atoms with van der Waals surface area (Å²) in [5, 5.41) is 0. The molecule has 0 spiro atoms. The summed E-state index contributed by atoms with van der Waals surface area (Å²) in [7, 11) is -3.56. The third kappa shape index (κ3) is 3.65. The Hall–Kier alpha value is -0.660. The summed E-state index contributed by atoms with van der Waals surface area (Å²) in [6.07, 6.45) is 2.16. The highest BCUT2D eigenvalue weighted by Gasteiger charge is 2.37. The van der Waals surface area contributed by atoms with Crippen molar-refractivity contribution in [3.05, 3.63) is 0 Å². The van der Waals surface area contributed by atoms with Crippen molar-refractivity contribution in [1.29, 1.82) is 0 Å². The molecule has 1 N–H and O–H groups in total. The van der Waals surface area contributed by atoms with Crippen LogP contribution in [0, 0.1) is 0 Å². The van der Waals surface area contributed by atoms with Gasteiger partial charge >= 0.3 is 5.97 Å². The summed E-state index contributed by atoms with van der Waals surface area (Å²) in [5.41, 5.74) is 0. The highest BCUT2D eigenvalue weighted by Crippen LogP contribution is 2.20. The van der Waals surface area contributed by atoms with E-state index >= 15 is 0 Å². The van der Waals surface area contributed by atoms with E-state index in [1.807, 2.05) is 0 Å². The van der Waals surface area contributed by atoms with Crippen molar-refractivity contribution >= 4 is 16.2 Å². The number of nitrogens with zero attached hydrogens (tertiary/aromatic N) is 1. The normalized spacial score (nSPS) is 22.4. The summed E-state index contributed by atoms with van der Waals surface area (Å²) in [6.45, 7) is 4.38. The lowest BCUT2D eigenvalue weighted by Gasteiger charge is -2.32. The van der Waals surface area contributed by atoms with Gasteiger partial charge in [0, 0.05) is 13.1 Å². The quantitative estimate of drug-likeness (QED) is 0.723. The Bertz CT molecular complexity index is 355. The van der Waals surface area contributed by atoms with Crippen molar-refractivity contribution in [3.8, 4) is 0 Å². The van der Waals surface area contributed by atoms with Crippen LogP contribution in [0.25, 0.3) is 0 Å². The Kier molecular flexibility index (Phi) is 5.35. The molecule has 1 rings (SSSR count). The van der Waals surface area contributed by atoms with Crippen LogP contribution >= 0.6 is 0 Å². The van der Waals surface area contributed by atoms with E-state index in [1.54, 1.807) is 13.8 Å². The zero-order chi connectivity index (χ0) is 12.9. The Morgan fingerprint density at radius 3 is 2.71 bits per heavy atom. The van der Waals surface area contributed by atoms with Crippen LogP contribution in [0.5, 0.6) is 0 Å². The minimum Gasteiger partial charge on any atom is -0.465 e. The van der Waals surface area contributed by atoms with Crippen molar-refractivity contribution < 1.29 is 17.9 Å². The molecule has 1 aliphatic heterocycles. The second-order valence-electron chi connectivity index (χ2n) is 3.88. The average molecular weight is 264 g/mol. The Balaban J connectivity index is 2.82. The fraction of sp³-hybridized carbons (Fsp3) is 0.900. The summed E-state index contributed by atoms with van der Waals surface area (Å²) >= 11 is 0. The molecule has 100 valence electrons. The van der Waals surface area contributed by atoms with E-state index in [4.69, 9.17) is 4.74 Å². The van der Waals surface area contributed by atoms with Gasteiger partial charge in [-0.05, 0) is 26.2 Å². The molecule has 0 aromatic carbocycles. The van der Waals surface area contributed by atoms with E-state index in [9.17, 15) is 13.2 Å². The molecule has 0 aromatic rings. The van der Waals surface area contributed by atoms with E-state index in [0.717, 1.165) is 12.8 Å². The number of piperidine rings is 1. The lowest BCUT2D eigenvalue weighted by molar-refractivity contribution is -0.148. The molecule has 17 heavy (non-hydrogen) atoms. The predicted molar refractivity (Wildman–Crippen MR) is 63.6 cm³/mol. The number of hydrogen-bond donors (Lipinski definition) is 1. The molecule has 0 bridgehead atoms. The first-order chi connectivity index (χ1) is 8.03. The summed E-state index contributed by atoms with van der Waals surface area (Å²) in [4.78, 5) is 11.7. The smallest absolute Gasteiger partial charge is 0.324 e. The van der Waals surface area contributed by atoms with Crippen LogP contribution in [-0.2, 0) is 19.7 Å². The van der Waals surface area contributed by atoms with Gasteiger partial charge in [-0.1, -0.05) is 6.92 Å². The summed E-state index contributed by atoms with van der Waals surface area (Å²) in [5.74, 6) is -0.450. The lowest BCUT2D eigenvalue weighted by atomic mass is 10.1. The number of carbonyl (C=O) groups excluding carboxylic acids is 1. The zero-order valence-corrected chi connectivity index (χ0v) is 11.1. The Labute approximate surface area is 102 Å². The highest BCUT2D eigenvalue weighted by atomic mass is 32.2. The predicted octanol–water partition coefficient (Wildman–Crippen LogP) is 0.258. The van der Waals surface area contributed by atoms with Gasteiger partial charge in [-0.2, -0.15) is 12.7 Å². The molecule has 0 radical (unpaired) electrons. The zero-order valence-electron chi connectivity index (χ0n) is 10.3. The maximum atomic E-state index is 11.9. The molecule has 1 unspecified atom stereocenters. The van der Waals surface area contributed by atoms with Crippen LogP contribution in [0.4, 0.5) is 0 Å². The maximum absolute atomic E-state index is 11.9. The van der Waals surface area contributed by atoms with Gasteiger partial charge in [-0.3, -0.25) is 4.79 Å². The van der Waals surface area contributed by atoms with E-state index in [0.29, 0.717) is 19.5 Å². The molecular formula is C10H20N2O4S. The molecular weight excluding hydrogens is 244 g/mol. The third-order valence-electron chi connectivity index (χ3n) is 2.65. The van der Waals surface area contributed by atoms with Crippen LogP contribution in [0.1, 0.15) is 33.1 Å². The van der Waals surface area contributed by atoms with Crippen LogP contribution in [0.3, 0.4) is 0 Å². The Morgan fingerprint density at radius 2 is 2.12 bits per heavy atom. The SMILES string of the molecule is CCNS(=O)(=O)N1CCCCC1C(=O)OCC. The van der Waals surface area contributed by atoms with Crippen LogP contribution in [0.2, 0.25) is 0 Å². The van der Waals surface area contributed by atoms with Crippen molar-refractivity contribution in [2.45, 2.75) is 39.2 Å². The van der Waals surface area contributed by atoms with Crippen molar-refractivity contribution in [2.24, 2.45) is 0 Å². The van der Waals surface area contributed by atoms with Gasteiger partial charge in [0.25, 0.3) is 10.2 Å². The van der Waals surface area contributed by atoms with E-state index < -0.39 is 22.2 Å². The van der Waals surface area contributed by atoms with Gasteiger partial charge < -0.3 is 4.74 Å². The molecule has 1 fully saturated rings. The minimum absolute atomic E-state index is 0.268. The molecule has 1 aliphatic rings. The highest BCUT2D eigenvalue weighted by molar-refractivity contribution is 7.87. The van der Waals surface area contributed by atoms with Crippen LogP contribution in [-0.4, -0.2) is 44.4 Å². The minimum atomic E-state index is -3.56. The van der Waals surface area contributed by atoms with Crippen molar-refractivity contribution in [2.75, 3.05) is 19.7 Å². The number of nitrogens with one attached hydrogen (secondary N) is 1. The number of rotatable bonds is 5. The van der Waals surface area contributed by atoms with E-state index in [-0.39, 0.29) is 6.61 Å². The van der Waals surface area contributed by atoms with E-state index in [2.05, 4.69) is 4.72 Å². The maximum Gasteiger partial charge on any atom is 0.324 e. The van der Waals surface area contributed by atoms with Gasteiger partial charge in [0.15, 0.2) is 0 Å². The monoisotopic (exact) mass is 264 g/mol. The van der Waals surface area contributed by atoms with Crippen molar-refractivity contribution in [1.82, 2.24) is 9.03 Å². The topological polar surface area (TPSA) is 75.7 Å².